The van der Waals surface area contributed by atoms with Gasteiger partial charge in [0.1, 0.15) is 0 Å². The van der Waals surface area contributed by atoms with E-state index in [-0.39, 0.29) is 19.7 Å². The van der Waals surface area contributed by atoms with Gasteiger partial charge in [-0.3, -0.25) is 24.8 Å². The maximum Gasteiger partial charge on any atom is 1.00 e. The molecule has 182 valence electrons. The molecule has 2 aromatic carbocycles. The maximum absolute atomic E-state index is 13.8. The van der Waals surface area contributed by atoms with E-state index in [1.165, 1.54) is 24.9 Å². The summed E-state index contributed by atoms with van der Waals surface area (Å²) < 4.78 is 5.04. The fourth-order valence-electron chi connectivity index (χ4n) is 5.42. The van der Waals surface area contributed by atoms with E-state index in [0.717, 1.165) is 49.4 Å². The summed E-state index contributed by atoms with van der Waals surface area (Å²) in [6, 6.07) is 14.5. The first-order valence-electron chi connectivity index (χ1n) is 12.1. The SMILES string of the molecule is CCOC(=O)Nc1ccc2c(c1)N(C(=O)CN1CCN3CCCC3C1)c1ccccc1CC2.[Cl-].[H+]. The Morgan fingerprint density at radius 2 is 1.85 bits per heavy atom. The molecular weight excluding hydrogens is 452 g/mol. The second-order valence-corrected chi connectivity index (χ2v) is 9.11. The Morgan fingerprint density at radius 1 is 1.06 bits per heavy atom. The minimum Gasteiger partial charge on any atom is -1.00 e. The fraction of sp³-hybridized carbons (Fsp3) is 0.462. The second-order valence-electron chi connectivity index (χ2n) is 9.11. The van der Waals surface area contributed by atoms with Crippen molar-refractivity contribution in [1.82, 2.24) is 9.80 Å². The van der Waals surface area contributed by atoms with Gasteiger partial charge in [0.2, 0.25) is 5.91 Å². The van der Waals surface area contributed by atoms with Crippen molar-refractivity contribution in [3.05, 3.63) is 53.6 Å². The summed E-state index contributed by atoms with van der Waals surface area (Å²) in [6.45, 7) is 6.60. The fourth-order valence-corrected chi connectivity index (χ4v) is 5.42. The molecule has 0 bridgehead atoms. The zero-order valence-electron chi connectivity index (χ0n) is 20.6. The standard InChI is InChI=1S/C26H32N4O3.ClH/c1-2-33-26(32)27-21-12-11-20-10-9-19-6-3-4-8-23(19)30(24(20)16-21)25(31)18-28-14-15-29-13-5-7-22(29)17-28;/h3-4,6,8,11-12,16,22H,2,5,7,9-10,13-15,17-18H2,1H3,(H,27,32);1H. The van der Waals surface area contributed by atoms with Gasteiger partial charge in [-0.2, -0.15) is 0 Å². The third-order valence-electron chi connectivity index (χ3n) is 7.02. The van der Waals surface area contributed by atoms with E-state index in [1.807, 2.05) is 41.3 Å². The van der Waals surface area contributed by atoms with Crippen LogP contribution in [0, 0.1) is 0 Å². The molecule has 0 radical (unpaired) electrons. The lowest BCUT2D eigenvalue weighted by Gasteiger charge is -2.38. The highest BCUT2D eigenvalue weighted by molar-refractivity contribution is 6.04. The molecule has 2 aromatic rings. The van der Waals surface area contributed by atoms with Crippen molar-refractivity contribution in [3.63, 3.8) is 0 Å². The highest BCUT2D eigenvalue weighted by Gasteiger charge is 2.33. The first kappa shape index (κ1) is 24.5. The molecule has 34 heavy (non-hydrogen) atoms. The Hall–Kier alpha value is -2.61. The van der Waals surface area contributed by atoms with Crippen LogP contribution in [0.4, 0.5) is 21.9 Å². The molecule has 3 aliphatic heterocycles. The van der Waals surface area contributed by atoms with E-state index < -0.39 is 6.09 Å². The average Bonchev–Trinajstić information content (AvgIpc) is 3.20. The molecule has 3 heterocycles. The Balaban J connectivity index is 0.00000171. The Morgan fingerprint density at radius 3 is 2.68 bits per heavy atom. The molecular formula is C26H33ClN4O3. The number of carbonyl (C=O) groups excluding carboxylic acids is 2. The van der Waals surface area contributed by atoms with Crippen LogP contribution >= 0.6 is 0 Å². The van der Waals surface area contributed by atoms with Crippen LogP contribution < -0.4 is 22.6 Å². The molecule has 0 aliphatic carbocycles. The summed E-state index contributed by atoms with van der Waals surface area (Å²) in [6.07, 6.45) is 3.71. The predicted octanol–water partition coefficient (Wildman–Crippen LogP) is 0.915. The van der Waals surface area contributed by atoms with Gasteiger partial charge < -0.3 is 17.1 Å². The number of nitrogens with one attached hydrogen (secondary N) is 1. The minimum atomic E-state index is -0.487. The molecule has 8 heteroatoms. The monoisotopic (exact) mass is 484 g/mol. The van der Waals surface area contributed by atoms with Crippen LogP contribution in [0.15, 0.2) is 42.5 Å². The largest absolute Gasteiger partial charge is 1.00 e. The quantitative estimate of drug-likeness (QED) is 0.699. The zero-order chi connectivity index (χ0) is 22.8. The van der Waals surface area contributed by atoms with Crippen LogP contribution in [0.3, 0.4) is 0 Å². The van der Waals surface area contributed by atoms with Crippen molar-refractivity contribution in [1.29, 1.82) is 0 Å². The Bertz CT molecular complexity index is 1050. The molecule has 2 saturated heterocycles. The molecule has 2 amide bonds. The normalized spacial score (nSPS) is 19.8. The molecule has 3 aliphatic rings. The van der Waals surface area contributed by atoms with Crippen molar-refractivity contribution in [2.24, 2.45) is 0 Å². The lowest BCUT2D eigenvalue weighted by Crippen LogP contribution is -3.00. The highest BCUT2D eigenvalue weighted by Crippen LogP contribution is 2.38. The molecule has 0 spiro atoms. The third-order valence-corrected chi connectivity index (χ3v) is 7.02. The third kappa shape index (κ3) is 5.06. The first-order valence-corrected chi connectivity index (χ1v) is 12.1. The number of halogens is 1. The number of piperazine rings is 1. The number of nitrogens with zero attached hydrogens (tertiary/aromatic N) is 3. The average molecular weight is 485 g/mol. The number of anilines is 3. The van der Waals surface area contributed by atoms with Crippen molar-refractivity contribution >= 4 is 29.1 Å². The predicted molar refractivity (Wildman–Crippen MR) is 130 cm³/mol. The van der Waals surface area contributed by atoms with Crippen LogP contribution in [0.1, 0.15) is 32.3 Å². The van der Waals surface area contributed by atoms with Crippen molar-refractivity contribution < 1.29 is 28.2 Å². The molecule has 1 N–H and O–H groups in total. The topological polar surface area (TPSA) is 65.1 Å². The second kappa shape index (κ2) is 10.8. The van der Waals surface area contributed by atoms with Gasteiger partial charge in [-0.05, 0) is 68.5 Å². The Kier molecular flexibility index (Phi) is 7.76. The summed E-state index contributed by atoms with van der Waals surface area (Å²) >= 11 is 0. The van der Waals surface area contributed by atoms with Gasteiger partial charge in [0, 0.05) is 31.4 Å². The number of rotatable bonds is 4. The smallest absolute Gasteiger partial charge is 1.00 e. The minimum absolute atomic E-state index is 0. The number of benzene rings is 2. The van der Waals surface area contributed by atoms with Crippen LogP contribution in [0.25, 0.3) is 0 Å². The van der Waals surface area contributed by atoms with Crippen LogP contribution in [0.5, 0.6) is 0 Å². The molecule has 5 rings (SSSR count). The summed E-state index contributed by atoms with van der Waals surface area (Å²) in [4.78, 5) is 32.6. The number of ether oxygens (including phenoxy) is 1. The number of fused-ring (bicyclic) bond motifs is 3. The van der Waals surface area contributed by atoms with Gasteiger partial charge in [0.05, 0.1) is 24.5 Å². The van der Waals surface area contributed by atoms with E-state index >= 15 is 0 Å². The van der Waals surface area contributed by atoms with Crippen LogP contribution in [0.2, 0.25) is 0 Å². The summed E-state index contributed by atoms with van der Waals surface area (Å²) in [7, 11) is 0. The lowest BCUT2D eigenvalue weighted by atomic mass is 10.0. The first-order chi connectivity index (χ1) is 16.1. The highest BCUT2D eigenvalue weighted by atomic mass is 35.5. The van der Waals surface area contributed by atoms with Gasteiger partial charge in [0.25, 0.3) is 0 Å². The number of aryl methyl sites for hydroxylation is 2. The van der Waals surface area contributed by atoms with E-state index in [0.29, 0.717) is 24.9 Å². The number of para-hydroxylation sites is 1. The molecule has 0 aromatic heterocycles. The molecule has 0 saturated carbocycles. The number of carbonyl (C=O) groups is 2. The summed E-state index contributed by atoms with van der Waals surface area (Å²) in [5.41, 5.74) is 4.69. The molecule has 2 fully saturated rings. The van der Waals surface area contributed by atoms with E-state index in [4.69, 9.17) is 4.74 Å². The van der Waals surface area contributed by atoms with Gasteiger partial charge in [0.15, 0.2) is 0 Å². The van der Waals surface area contributed by atoms with Gasteiger partial charge in [-0.25, -0.2) is 4.79 Å². The number of amides is 2. The van der Waals surface area contributed by atoms with E-state index in [1.54, 1.807) is 6.92 Å². The zero-order valence-corrected chi connectivity index (χ0v) is 20.4. The van der Waals surface area contributed by atoms with Crippen molar-refractivity contribution in [3.8, 4) is 0 Å². The maximum atomic E-state index is 13.8. The van der Waals surface area contributed by atoms with E-state index in [9.17, 15) is 9.59 Å². The number of hydrogen-bond acceptors (Lipinski definition) is 5. The van der Waals surface area contributed by atoms with Crippen molar-refractivity contribution in [2.45, 2.75) is 38.6 Å². The van der Waals surface area contributed by atoms with Crippen LogP contribution in [-0.4, -0.2) is 67.2 Å². The molecule has 7 nitrogen and oxygen atoms in total. The Labute approximate surface area is 208 Å². The molecule has 1 atom stereocenters. The van der Waals surface area contributed by atoms with Gasteiger partial charge >= 0.3 is 7.52 Å². The molecule has 1 unspecified atom stereocenters. The summed E-state index contributed by atoms with van der Waals surface area (Å²) in [5, 5.41) is 2.79. The summed E-state index contributed by atoms with van der Waals surface area (Å²) in [5.74, 6) is 0.0744. The lowest BCUT2D eigenvalue weighted by molar-refractivity contribution is -0.119. The van der Waals surface area contributed by atoms with Gasteiger partial charge in [-0.15, -0.1) is 0 Å². The van der Waals surface area contributed by atoms with Crippen molar-refractivity contribution in [2.75, 3.05) is 49.5 Å². The van der Waals surface area contributed by atoms with E-state index in [2.05, 4.69) is 21.2 Å². The van der Waals surface area contributed by atoms with Crippen LogP contribution in [-0.2, 0) is 22.4 Å². The number of hydrogen-bond donors (Lipinski definition) is 1. The van der Waals surface area contributed by atoms with Gasteiger partial charge in [-0.1, -0.05) is 24.3 Å².